The highest BCUT2D eigenvalue weighted by atomic mass is 16.6. The summed E-state index contributed by atoms with van der Waals surface area (Å²) in [5.41, 5.74) is 0.602. The SMILES string of the molecule is CO[C@H](C)[C@H](NC(=O)OC(C)(C)C)C(=O)O[C@H](C)[C@H](NC(C)=O)C(=O)O[C@H](Cc1ccccc1)C(=O)OCc1ccccc1. The van der Waals surface area contributed by atoms with E-state index in [1.165, 1.54) is 27.9 Å². The van der Waals surface area contributed by atoms with Crippen molar-refractivity contribution < 1.29 is 47.7 Å². The van der Waals surface area contributed by atoms with Gasteiger partial charge in [0.25, 0.3) is 0 Å². The minimum Gasteiger partial charge on any atom is -0.458 e. The zero-order valence-corrected chi connectivity index (χ0v) is 26.2. The third-order valence-corrected chi connectivity index (χ3v) is 6.16. The van der Waals surface area contributed by atoms with Crippen LogP contribution in [0, 0.1) is 0 Å². The Kier molecular flexibility index (Phi) is 13.8. The molecule has 0 saturated carbocycles. The highest BCUT2D eigenvalue weighted by Gasteiger charge is 2.37. The number of alkyl carbamates (subject to hydrolysis) is 1. The second-order valence-electron chi connectivity index (χ2n) is 11.1. The number of esters is 3. The molecule has 2 rings (SSSR count). The lowest BCUT2D eigenvalue weighted by molar-refractivity contribution is -0.174. The van der Waals surface area contributed by atoms with Crippen LogP contribution in [0.2, 0.25) is 0 Å². The van der Waals surface area contributed by atoms with Crippen molar-refractivity contribution in [3.05, 3.63) is 71.8 Å². The average Bonchev–Trinajstić information content (AvgIpc) is 2.96. The zero-order chi connectivity index (χ0) is 32.9. The van der Waals surface area contributed by atoms with Crippen molar-refractivity contribution in [1.82, 2.24) is 10.6 Å². The van der Waals surface area contributed by atoms with Gasteiger partial charge >= 0.3 is 24.0 Å². The summed E-state index contributed by atoms with van der Waals surface area (Å²) in [6.45, 7) is 9.00. The topological polar surface area (TPSA) is 156 Å². The Bertz CT molecular complexity index is 1250. The van der Waals surface area contributed by atoms with Gasteiger partial charge in [-0.05, 0) is 45.7 Å². The highest BCUT2D eigenvalue weighted by molar-refractivity contribution is 5.87. The summed E-state index contributed by atoms with van der Waals surface area (Å²) in [6, 6.07) is 15.0. The Balaban J connectivity index is 2.22. The number of hydrogen-bond donors (Lipinski definition) is 2. The molecule has 0 radical (unpaired) electrons. The van der Waals surface area contributed by atoms with Gasteiger partial charge in [0.2, 0.25) is 12.0 Å². The summed E-state index contributed by atoms with van der Waals surface area (Å²) in [7, 11) is 1.34. The molecule has 0 aromatic heterocycles. The first-order chi connectivity index (χ1) is 20.7. The molecule has 0 spiro atoms. The molecule has 240 valence electrons. The maximum atomic E-state index is 13.4. The Morgan fingerprint density at radius 1 is 0.727 bits per heavy atom. The van der Waals surface area contributed by atoms with Crippen LogP contribution in [-0.4, -0.2) is 73.0 Å². The van der Waals surface area contributed by atoms with Crippen LogP contribution in [0.5, 0.6) is 0 Å². The van der Waals surface area contributed by atoms with Crippen LogP contribution < -0.4 is 10.6 Å². The van der Waals surface area contributed by atoms with E-state index < -0.39 is 65.9 Å². The van der Waals surface area contributed by atoms with Crippen LogP contribution in [0.25, 0.3) is 0 Å². The zero-order valence-electron chi connectivity index (χ0n) is 26.2. The molecule has 44 heavy (non-hydrogen) atoms. The van der Waals surface area contributed by atoms with Crippen molar-refractivity contribution in [3.63, 3.8) is 0 Å². The minimum absolute atomic E-state index is 0.00556. The van der Waals surface area contributed by atoms with Gasteiger partial charge in [0, 0.05) is 20.5 Å². The van der Waals surface area contributed by atoms with Crippen molar-refractivity contribution in [2.24, 2.45) is 0 Å². The maximum Gasteiger partial charge on any atom is 0.408 e. The van der Waals surface area contributed by atoms with Crippen LogP contribution in [0.15, 0.2) is 60.7 Å². The highest BCUT2D eigenvalue weighted by Crippen LogP contribution is 2.14. The molecule has 2 aromatic rings. The second-order valence-corrected chi connectivity index (χ2v) is 11.1. The molecular weight excluding hydrogens is 572 g/mol. The monoisotopic (exact) mass is 614 g/mol. The molecule has 12 heteroatoms. The Hall–Kier alpha value is -4.45. The van der Waals surface area contributed by atoms with Gasteiger partial charge in [-0.15, -0.1) is 0 Å². The normalized spacial score (nSPS) is 14.5. The van der Waals surface area contributed by atoms with Crippen molar-refractivity contribution in [2.75, 3.05) is 7.11 Å². The molecule has 0 unspecified atom stereocenters. The van der Waals surface area contributed by atoms with Gasteiger partial charge in [0.15, 0.2) is 12.1 Å². The fourth-order valence-corrected chi connectivity index (χ4v) is 3.89. The van der Waals surface area contributed by atoms with Gasteiger partial charge in [0.05, 0.1) is 6.10 Å². The lowest BCUT2D eigenvalue weighted by Gasteiger charge is -2.29. The summed E-state index contributed by atoms with van der Waals surface area (Å²) in [5, 5.41) is 4.83. The summed E-state index contributed by atoms with van der Waals surface area (Å²) in [4.78, 5) is 64.1. The number of benzene rings is 2. The Morgan fingerprint density at radius 3 is 1.77 bits per heavy atom. The number of amides is 2. The molecule has 2 N–H and O–H groups in total. The van der Waals surface area contributed by atoms with Crippen molar-refractivity contribution in [2.45, 2.75) is 90.6 Å². The van der Waals surface area contributed by atoms with E-state index in [9.17, 15) is 24.0 Å². The van der Waals surface area contributed by atoms with Crippen molar-refractivity contribution in [3.8, 4) is 0 Å². The Labute approximate surface area is 257 Å². The van der Waals surface area contributed by atoms with Gasteiger partial charge < -0.3 is 34.3 Å². The molecule has 2 aromatic carbocycles. The van der Waals surface area contributed by atoms with E-state index in [1.807, 2.05) is 6.07 Å². The van der Waals surface area contributed by atoms with E-state index >= 15 is 0 Å². The van der Waals surface area contributed by atoms with Gasteiger partial charge in [-0.3, -0.25) is 4.79 Å². The van der Waals surface area contributed by atoms with E-state index in [0.717, 1.165) is 5.56 Å². The van der Waals surface area contributed by atoms with E-state index in [2.05, 4.69) is 10.6 Å². The summed E-state index contributed by atoms with van der Waals surface area (Å²) in [6.07, 6.45) is -4.39. The molecule has 5 atom stereocenters. The molecule has 0 aliphatic carbocycles. The molecule has 0 aliphatic rings. The lowest BCUT2D eigenvalue weighted by atomic mass is 10.1. The van der Waals surface area contributed by atoms with Crippen LogP contribution in [0.3, 0.4) is 0 Å². The predicted octanol–water partition coefficient (Wildman–Crippen LogP) is 3.25. The van der Waals surface area contributed by atoms with E-state index in [1.54, 1.807) is 75.4 Å². The Morgan fingerprint density at radius 2 is 1.25 bits per heavy atom. The third kappa shape index (κ3) is 12.4. The van der Waals surface area contributed by atoms with Crippen LogP contribution >= 0.6 is 0 Å². The summed E-state index contributed by atoms with van der Waals surface area (Å²) >= 11 is 0. The van der Waals surface area contributed by atoms with Crippen molar-refractivity contribution >= 4 is 29.9 Å². The number of rotatable bonds is 14. The van der Waals surface area contributed by atoms with E-state index in [-0.39, 0.29) is 13.0 Å². The van der Waals surface area contributed by atoms with Gasteiger partial charge in [-0.1, -0.05) is 60.7 Å². The fourth-order valence-electron chi connectivity index (χ4n) is 3.89. The van der Waals surface area contributed by atoms with E-state index in [4.69, 9.17) is 23.7 Å². The first kappa shape index (κ1) is 35.7. The standard InChI is InChI=1S/C32H42N2O10/c1-20(40-7)26(34-31(39)44-32(4,5)6)29(37)42-21(2)27(33-22(3)35)30(38)43-25(18-23-14-10-8-11-15-23)28(36)41-19-24-16-12-9-13-17-24/h8-17,20-21,25-27H,18-19H2,1-7H3,(H,33,35)(H,34,39)/t20-,21-,25-,26+,27+/m1/s1. The van der Waals surface area contributed by atoms with Gasteiger partial charge in [-0.2, -0.15) is 0 Å². The lowest BCUT2D eigenvalue weighted by Crippen LogP contribution is -2.54. The smallest absolute Gasteiger partial charge is 0.408 e. The first-order valence-electron chi connectivity index (χ1n) is 14.1. The molecule has 0 fully saturated rings. The van der Waals surface area contributed by atoms with E-state index in [0.29, 0.717) is 5.56 Å². The summed E-state index contributed by atoms with van der Waals surface area (Å²) < 4.78 is 27.0. The molecule has 0 bridgehead atoms. The van der Waals surface area contributed by atoms with Gasteiger partial charge in [-0.25, -0.2) is 19.2 Å². The predicted molar refractivity (Wildman–Crippen MR) is 159 cm³/mol. The number of nitrogens with one attached hydrogen (secondary N) is 2. The first-order valence-corrected chi connectivity index (χ1v) is 14.1. The minimum atomic E-state index is -1.50. The molecule has 0 saturated heterocycles. The quantitative estimate of drug-likeness (QED) is 0.239. The number of carbonyl (C=O) groups excluding carboxylic acids is 5. The van der Waals surface area contributed by atoms with Crippen LogP contribution in [0.4, 0.5) is 4.79 Å². The second kappa shape index (κ2) is 17.0. The largest absolute Gasteiger partial charge is 0.458 e. The maximum absolute atomic E-state index is 13.4. The number of ether oxygens (including phenoxy) is 5. The van der Waals surface area contributed by atoms with Gasteiger partial charge in [0.1, 0.15) is 18.3 Å². The average molecular weight is 615 g/mol. The number of methoxy groups -OCH3 is 1. The molecular formula is C32H42N2O10. The molecule has 2 amide bonds. The molecule has 0 aliphatic heterocycles. The summed E-state index contributed by atoms with van der Waals surface area (Å²) in [5.74, 6) is -3.40. The third-order valence-electron chi connectivity index (χ3n) is 6.16. The fraction of sp³-hybridized carbons (Fsp3) is 0.469. The number of hydrogen-bond acceptors (Lipinski definition) is 10. The van der Waals surface area contributed by atoms with Crippen LogP contribution in [0.1, 0.15) is 52.7 Å². The molecule has 0 heterocycles. The molecule has 12 nitrogen and oxygen atoms in total. The van der Waals surface area contributed by atoms with Crippen LogP contribution in [-0.2, 0) is 55.9 Å². The number of carbonyl (C=O) groups is 5. The van der Waals surface area contributed by atoms with Crippen molar-refractivity contribution in [1.29, 1.82) is 0 Å².